The number of hydrogen-bond donors (Lipinski definition) is 2. The lowest BCUT2D eigenvalue weighted by atomic mass is 10.2. The molecule has 0 amide bonds. The number of benzene rings is 1. The molecule has 96 valence electrons. The Morgan fingerprint density at radius 2 is 2.21 bits per heavy atom. The average molecular weight is 318 g/mol. The standard InChI is InChI=1S/C13H12BrN5/c1-8-6-9(2-3-10(8)14)17-12-13-16-4-5-19(13)7-11(15)18-12/h2-7H,15H2,1H3,(H,17,18). The number of anilines is 3. The van der Waals surface area contributed by atoms with E-state index in [4.69, 9.17) is 5.73 Å². The molecule has 0 aliphatic rings. The van der Waals surface area contributed by atoms with Gasteiger partial charge in [-0.3, -0.25) is 0 Å². The molecule has 1 aromatic carbocycles. The summed E-state index contributed by atoms with van der Waals surface area (Å²) in [5.74, 6) is 1.09. The molecule has 3 rings (SSSR count). The van der Waals surface area contributed by atoms with E-state index in [0.29, 0.717) is 11.6 Å². The van der Waals surface area contributed by atoms with Crippen molar-refractivity contribution in [2.24, 2.45) is 0 Å². The number of fused-ring (bicyclic) bond motifs is 1. The Kier molecular flexibility index (Phi) is 2.87. The first-order valence-electron chi connectivity index (χ1n) is 5.76. The molecule has 3 aromatic rings. The van der Waals surface area contributed by atoms with Crippen molar-refractivity contribution < 1.29 is 0 Å². The Morgan fingerprint density at radius 1 is 1.37 bits per heavy atom. The Labute approximate surface area is 118 Å². The molecule has 0 saturated heterocycles. The van der Waals surface area contributed by atoms with Gasteiger partial charge >= 0.3 is 0 Å². The van der Waals surface area contributed by atoms with Crippen LogP contribution in [-0.2, 0) is 0 Å². The molecule has 2 aromatic heterocycles. The molecule has 0 fully saturated rings. The summed E-state index contributed by atoms with van der Waals surface area (Å²) < 4.78 is 2.92. The second-order valence-corrected chi connectivity index (χ2v) is 5.12. The molecule has 5 nitrogen and oxygen atoms in total. The van der Waals surface area contributed by atoms with Crippen molar-refractivity contribution in [1.82, 2.24) is 14.4 Å². The number of halogens is 1. The lowest BCUT2D eigenvalue weighted by Crippen LogP contribution is -2.02. The Hall–Kier alpha value is -2.08. The van der Waals surface area contributed by atoms with Gasteiger partial charge in [0.2, 0.25) is 0 Å². The summed E-state index contributed by atoms with van der Waals surface area (Å²) in [5.41, 5.74) is 8.62. The molecule has 0 aliphatic heterocycles. The highest BCUT2D eigenvalue weighted by Gasteiger charge is 2.07. The number of aryl methyl sites for hydroxylation is 1. The molecule has 6 heteroatoms. The van der Waals surface area contributed by atoms with Crippen LogP contribution in [0, 0.1) is 6.92 Å². The monoisotopic (exact) mass is 317 g/mol. The van der Waals surface area contributed by atoms with Crippen LogP contribution in [0.2, 0.25) is 0 Å². The summed E-state index contributed by atoms with van der Waals surface area (Å²) in [5, 5.41) is 3.25. The Bertz CT molecular complexity index is 750. The van der Waals surface area contributed by atoms with Gasteiger partial charge in [-0.15, -0.1) is 0 Å². The number of aromatic nitrogens is 3. The van der Waals surface area contributed by atoms with E-state index >= 15 is 0 Å². The van der Waals surface area contributed by atoms with Crippen molar-refractivity contribution in [3.05, 3.63) is 46.8 Å². The lowest BCUT2D eigenvalue weighted by Gasteiger charge is -2.09. The van der Waals surface area contributed by atoms with Gasteiger partial charge in [0.15, 0.2) is 11.5 Å². The van der Waals surface area contributed by atoms with Gasteiger partial charge in [-0.25, -0.2) is 9.97 Å². The van der Waals surface area contributed by atoms with Crippen LogP contribution in [0.25, 0.3) is 5.65 Å². The smallest absolute Gasteiger partial charge is 0.180 e. The minimum absolute atomic E-state index is 0.446. The minimum Gasteiger partial charge on any atom is -0.382 e. The number of hydrogen-bond acceptors (Lipinski definition) is 4. The molecule has 3 N–H and O–H groups in total. The van der Waals surface area contributed by atoms with Crippen molar-refractivity contribution in [3.8, 4) is 0 Å². The van der Waals surface area contributed by atoms with Gasteiger partial charge < -0.3 is 15.5 Å². The van der Waals surface area contributed by atoms with Crippen molar-refractivity contribution in [2.45, 2.75) is 6.92 Å². The number of nitrogens with one attached hydrogen (secondary N) is 1. The van der Waals surface area contributed by atoms with E-state index in [9.17, 15) is 0 Å². The van der Waals surface area contributed by atoms with Crippen LogP contribution in [0.1, 0.15) is 5.56 Å². The van der Waals surface area contributed by atoms with Gasteiger partial charge in [0.25, 0.3) is 0 Å². The van der Waals surface area contributed by atoms with E-state index in [1.54, 1.807) is 12.4 Å². The molecule has 0 saturated carbocycles. The number of rotatable bonds is 2. The van der Waals surface area contributed by atoms with Gasteiger partial charge in [0, 0.05) is 22.6 Å². The van der Waals surface area contributed by atoms with Crippen LogP contribution in [0.3, 0.4) is 0 Å². The third-order valence-electron chi connectivity index (χ3n) is 2.81. The maximum atomic E-state index is 5.78. The summed E-state index contributed by atoms with van der Waals surface area (Å²) in [6, 6.07) is 6.00. The molecular formula is C13H12BrN5. The topological polar surface area (TPSA) is 68.2 Å². The summed E-state index contributed by atoms with van der Waals surface area (Å²) in [6.07, 6.45) is 5.29. The maximum absolute atomic E-state index is 5.78. The van der Waals surface area contributed by atoms with Crippen LogP contribution in [-0.4, -0.2) is 14.4 Å². The molecule has 0 spiro atoms. The van der Waals surface area contributed by atoms with Crippen LogP contribution in [0.15, 0.2) is 41.3 Å². The van der Waals surface area contributed by atoms with Crippen molar-refractivity contribution in [1.29, 1.82) is 0 Å². The fourth-order valence-electron chi connectivity index (χ4n) is 1.89. The van der Waals surface area contributed by atoms with Crippen LogP contribution in [0.5, 0.6) is 0 Å². The van der Waals surface area contributed by atoms with Crippen LogP contribution in [0.4, 0.5) is 17.3 Å². The lowest BCUT2D eigenvalue weighted by molar-refractivity contribution is 1.14. The van der Waals surface area contributed by atoms with E-state index in [-0.39, 0.29) is 0 Å². The normalized spacial score (nSPS) is 10.8. The summed E-state index contributed by atoms with van der Waals surface area (Å²) >= 11 is 3.48. The summed E-state index contributed by atoms with van der Waals surface area (Å²) in [6.45, 7) is 2.03. The third-order valence-corrected chi connectivity index (χ3v) is 3.70. The van der Waals surface area contributed by atoms with Crippen LogP contribution < -0.4 is 11.1 Å². The predicted octanol–water partition coefficient (Wildman–Crippen LogP) is 3.13. The summed E-state index contributed by atoms with van der Waals surface area (Å²) in [7, 11) is 0. The first-order valence-corrected chi connectivity index (χ1v) is 6.55. The molecular weight excluding hydrogens is 306 g/mol. The van der Waals surface area contributed by atoms with Gasteiger partial charge in [0.1, 0.15) is 5.82 Å². The van der Waals surface area contributed by atoms with E-state index < -0.39 is 0 Å². The Morgan fingerprint density at radius 3 is 3.00 bits per heavy atom. The van der Waals surface area contributed by atoms with Gasteiger partial charge in [-0.2, -0.15) is 0 Å². The average Bonchev–Trinajstić information content (AvgIpc) is 2.82. The SMILES string of the molecule is Cc1cc(Nc2nc(N)cn3ccnc23)ccc1Br. The second kappa shape index (κ2) is 4.55. The molecule has 2 heterocycles. The predicted molar refractivity (Wildman–Crippen MR) is 79.6 cm³/mol. The molecule has 19 heavy (non-hydrogen) atoms. The largest absolute Gasteiger partial charge is 0.382 e. The van der Waals surface area contributed by atoms with Crippen molar-refractivity contribution in [3.63, 3.8) is 0 Å². The zero-order valence-corrected chi connectivity index (χ0v) is 11.8. The van der Waals surface area contributed by atoms with Crippen molar-refractivity contribution in [2.75, 3.05) is 11.1 Å². The molecule has 0 radical (unpaired) electrons. The van der Waals surface area contributed by atoms with E-state index in [1.165, 1.54) is 0 Å². The fraction of sp³-hybridized carbons (Fsp3) is 0.0769. The summed E-state index contributed by atoms with van der Waals surface area (Å²) in [4.78, 5) is 8.56. The fourth-order valence-corrected chi connectivity index (χ4v) is 2.14. The van der Waals surface area contributed by atoms with Gasteiger partial charge in [0.05, 0.1) is 6.20 Å². The van der Waals surface area contributed by atoms with E-state index in [1.807, 2.05) is 35.7 Å². The number of nitrogens with two attached hydrogens (primary N) is 1. The molecule has 0 unspecified atom stereocenters. The molecule has 0 atom stereocenters. The Balaban J connectivity index is 2.04. The highest BCUT2D eigenvalue weighted by Crippen LogP contribution is 2.24. The number of nitrogen functional groups attached to an aromatic ring is 1. The highest BCUT2D eigenvalue weighted by atomic mass is 79.9. The van der Waals surface area contributed by atoms with Crippen molar-refractivity contribution >= 4 is 38.9 Å². The highest BCUT2D eigenvalue weighted by molar-refractivity contribution is 9.10. The molecule has 0 bridgehead atoms. The zero-order valence-electron chi connectivity index (χ0n) is 10.3. The van der Waals surface area contributed by atoms with Crippen LogP contribution >= 0.6 is 15.9 Å². The zero-order chi connectivity index (χ0) is 13.4. The van der Waals surface area contributed by atoms with Gasteiger partial charge in [-0.1, -0.05) is 15.9 Å². The van der Waals surface area contributed by atoms with E-state index in [2.05, 4.69) is 31.2 Å². The van der Waals surface area contributed by atoms with E-state index in [0.717, 1.165) is 21.4 Å². The first kappa shape index (κ1) is 12.0. The third kappa shape index (κ3) is 2.26. The maximum Gasteiger partial charge on any atom is 0.180 e. The quantitative estimate of drug-likeness (QED) is 0.762. The number of imidazole rings is 1. The number of nitrogens with zero attached hydrogens (tertiary/aromatic N) is 3. The first-order chi connectivity index (χ1) is 9.13. The second-order valence-electron chi connectivity index (χ2n) is 4.26. The minimum atomic E-state index is 0.446. The molecule has 0 aliphatic carbocycles. The van der Waals surface area contributed by atoms with Gasteiger partial charge in [-0.05, 0) is 30.7 Å².